The highest BCUT2D eigenvalue weighted by atomic mass is 19.1. The van der Waals surface area contributed by atoms with Crippen LogP contribution < -0.4 is 4.74 Å². The van der Waals surface area contributed by atoms with Crippen molar-refractivity contribution in [3.8, 4) is 5.75 Å². The van der Waals surface area contributed by atoms with Crippen LogP contribution in [0.15, 0.2) is 45.9 Å². The lowest BCUT2D eigenvalue weighted by molar-refractivity contribution is -0.0487. The van der Waals surface area contributed by atoms with Crippen LogP contribution in [0.4, 0.5) is 13.6 Å². The number of carbonyl (C=O) groups is 1. The molecule has 1 fully saturated rings. The molecule has 0 radical (unpaired) electrons. The predicted molar refractivity (Wildman–Crippen MR) is 102 cm³/mol. The number of nitrogens with zero attached hydrogens (tertiary/aromatic N) is 4. The molecular formula is C20H22F2N4O2. The molecule has 8 heteroatoms. The van der Waals surface area contributed by atoms with E-state index in [-0.39, 0.29) is 36.1 Å². The van der Waals surface area contributed by atoms with Gasteiger partial charge in [0.15, 0.2) is 0 Å². The summed E-state index contributed by atoms with van der Waals surface area (Å²) in [4.78, 5) is 18.7. The second kappa shape index (κ2) is 7.00. The van der Waals surface area contributed by atoms with Gasteiger partial charge in [0.1, 0.15) is 23.0 Å². The SMILES string of the molecule is CC1=C(F)CC([C@@H]2CC=NN2C(=O)N2CC(C)(Oc3ccc(F)cc3)C2)C=N1. The number of benzene rings is 1. The average Bonchev–Trinajstić information content (AvgIpc) is 3.13. The van der Waals surface area contributed by atoms with Gasteiger partial charge in [-0.2, -0.15) is 5.10 Å². The summed E-state index contributed by atoms with van der Waals surface area (Å²) in [7, 11) is 0. The molecule has 4 rings (SSSR count). The molecule has 0 aromatic heterocycles. The fourth-order valence-corrected chi connectivity index (χ4v) is 3.79. The van der Waals surface area contributed by atoms with Gasteiger partial charge in [-0.05, 0) is 38.1 Å². The van der Waals surface area contributed by atoms with Gasteiger partial charge in [0.25, 0.3) is 0 Å². The maximum atomic E-state index is 13.9. The van der Waals surface area contributed by atoms with Crippen molar-refractivity contribution in [2.75, 3.05) is 13.1 Å². The zero-order valence-electron chi connectivity index (χ0n) is 15.8. The molecule has 1 aromatic carbocycles. The summed E-state index contributed by atoms with van der Waals surface area (Å²) in [5.74, 6) is -0.202. The molecule has 0 aliphatic carbocycles. The number of urea groups is 1. The molecular weight excluding hydrogens is 366 g/mol. The topological polar surface area (TPSA) is 57.5 Å². The molecule has 0 N–H and O–H groups in total. The van der Waals surface area contributed by atoms with Gasteiger partial charge in [-0.25, -0.2) is 18.6 Å². The maximum absolute atomic E-state index is 13.9. The monoisotopic (exact) mass is 388 g/mol. The second-order valence-electron chi connectivity index (χ2n) is 7.73. The summed E-state index contributed by atoms with van der Waals surface area (Å²) < 4.78 is 32.9. The summed E-state index contributed by atoms with van der Waals surface area (Å²) in [6.07, 6.45) is 4.22. The molecule has 3 aliphatic rings. The Morgan fingerprint density at radius 1 is 1.25 bits per heavy atom. The van der Waals surface area contributed by atoms with Crippen molar-refractivity contribution in [1.82, 2.24) is 9.91 Å². The Morgan fingerprint density at radius 3 is 2.64 bits per heavy atom. The van der Waals surface area contributed by atoms with Crippen molar-refractivity contribution < 1.29 is 18.3 Å². The first-order chi connectivity index (χ1) is 13.3. The highest BCUT2D eigenvalue weighted by Gasteiger charge is 2.47. The summed E-state index contributed by atoms with van der Waals surface area (Å²) in [5.41, 5.74) is -0.144. The number of likely N-dealkylation sites (tertiary alicyclic amines) is 1. The number of carbonyl (C=O) groups excluding carboxylic acids is 1. The molecule has 148 valence electrons. The third-order valence-corrected chi connectivity index (χ3v) is 5.32. The quantitative estimate of drug-likeness (QED) is 0.792. The predicted octanol–water partition coefficient (Wildman–Crippen LogP) is 3.75. The van der Waals surface area contributed by atoms with E-state index >= 15 is 0 Å². The van der Waals surface area contributed by atoms with Crippen LogP contribution in [0.2, 0.25) is 0 Å². The first-order valence-corrected chi connectivity index (χ1v) is 9.29. The number of rotatable bonds is 3. The van der Waals surface area contributed by atoms with E-state index in [9.17, 15) is 13.6 Å². The number of amides is 2. The molecule has 1 saturated heterocycles. The minimum Gasteiger partial charge on any atom is -0.484 e. The summed E-state index contributed by atoms with van der Waals surface area (Å²) >= 11 is 0. The van der Waals surface area contributed by atoms with E-state index in [1.807, 2.05) is 6.92 Å². The zero-order chi connectivity index (χ0) is 19.9. The number of hydrazone groups is 1. The summed E-state index contributed by atoms with van der Waals surface area (Å²) in [6.45, 7) is 4.34. The maximum Gasteiger partial charge on any atom is 0.340 e. The van der Waals surface area contributed by atoms with Crippen LogP contribution in [0.5, 0.6) is 5.75 Å². The van der Waals surface area contributed by atoms with E-state index in [2.05, 4.69) is 10.1 Å². The molecule has 3 heterocycles. The highest BCUT2D eigenvalue weighted by molar-refractivity contribution is 5.80. The standard InChI is InChI=1S/C20H22F2N4O2/c1-13-17(22)9-14(10-23-13)18-7-8-24-26(18)19(27)25-11-20(2,12-25)28-16-5-3-15(21)4-6-16/h3-6,8,10,14,18H,7,9,11-12H2,1-2H3/t14?,18-/m0/s1. The van der Waals surface area contributed by atoms with E-state index in [0.717, 1.165) is 0 Å². The Labute approximate surface area is 162 Å². The fraction of sp³-hybridized carbons (Fsp3) is 0.450. The van der Waals surface area contributed by atoms with Crippen molar-refractivity contribution in [3.63, 3.8) is 0 Å². The normalized spacial score (nSPS) is 25.9. The second-order valence-corrected chi connectivity index (χ2v) is 7.73. The molecule has 0 saturated carbocycles. The molecule has 28 heavy (non-hydrogen) atoms. The van der Waals surface area contributed by atoms with Crippen molar-refractivity contribution in [2.45, 2.75) is 38.3 Å². The van der Waals surface area contributed by atoms with Gasteiger partial charge in [-0.3, -0.25) is 4.99 Å². The van der Waals surface area contributed by atoms with Crippen LogP contribution in [-0.2, 0) is 0 Å². The number of halogens is 2. The van der Waals surface area contributed by atoms with E-state index in [0.29, 0.717) is 31.0 Å². The van der Waals surface area contributed by atoms with E-state index < -0.39 is 5.60 Å². The Hall–Kier alpha value is -2.77. The van der Waals surface area contributed by atoms with Gasteiger partial charge in [0.2, 0.25) is 0 Å². The third-order valence-electron chi connectivity index (χ3n) is 5.32. The Kier molecular flexibility index (Phi) is 4.64. The molecule has 3 aliphatic heterocycles. The van der Waals surface area contributed by atoms with Gasteiger partial charge < -0.3 is 9.64 Å². The number of ether oxygens (including phenoxy) is 1. The fourth-order valence-electron chi connectivity index (χ4n) is 3.79. The first-order valence-electron chi connectivity index (χ1n) is 9.29. The minimum absolute atomic E-state index is 0.196. The lowest BCUT2D eigenvalue weighted by Gasteiger charge is -2.48. The molecule has 6 nitrogen and oxygen atoms in total. The van der Waals surface area contributed by atoms with E-state index in [1.165, 1.54) is 17.1 Å². The number of allylic oxidation sites excluding steroid dienone is 2. The Balaban J connectivity index is 1.37. The largest absolute Gasteiger partial charge is 0.484 e. The van der Waals surface area contributed by atoms with Gasteiger partial charge in [0.05, 0.1) is 24.8 Å². The number of hydrogen-bond acceptors (Lipinski definition) is 4. The minimum atomic E-state index is -0.537. The Morgan fingerprint density at radius 2 is 1.96 bits per heavy atom. The van der Waals surface area contributed by atoms with Crippen molar-refractivity contribution in [1.29, 1.82) is 0 Å². The van der Waals surface area contributed by atoms with Crippen molar-refractivity contribution in [2.24, 2.45) is 16.0 Å². The summed E-state index contributed by atoms with van der Waals surface area (Å²) in [5, 5.41) is 5.65. The van der Waals surface area contributed by atoms with E-state index in [1.54, 1.807) is 36.4 Å². The lowest BCUT2D eigenvalue weighted by Crippen LogP contribution is -2.67. The van der Waals surface area contributed by atoms with Gasteiger partial charge in [-0.15, -0.1) is 0 Å². The van der Waals surface area contributed by atoms with Crippen LogP contribution in [0.1, 0.15) is 26.7 Å². The number of hydrogen-bond donors (Lipinski definition) is 0. The van der Waals surface area contributed by atoms with E-state index in [4.69, 9.17) is 4.74 Å². The molecule has 2 amide bonds. The molecule has 1 unspecified atom stereocenters. The molecule has 0 spiro atoms. The zero-order valence-corrected chi connectivity index (χ0v) is 15.8. The van der Waals surface area contributed by atoms with Crippen LogP contribution in [0.3, 0.4) is 0 Å². The van der Waals surface area contributed by atoms with Crippen LogP contribution in [0.25, 0.3) is 0 Å². The van der Waals surface area contributed by atoms with Crippen molar-refractivity contribution >= 4 is 18.5 Å². The smallest absolute Gasteiger partial charge is 0.340 e. The Bertz CT molecular complexity index is 859. The third kappa shape index (κ3) is 3.50. The molecule has 0 bridgehead atoms. The number of aliphatic imine (C=N–C) groups is 1. The highest BCUT2D eigenvalue weighted by Crippen LogP contribution is 2.33. The average molecular weight is 388 g/mol. The van der Waals surface area contributed by atoms with Crippen LogP contribution >= 0.6 is 0 Å². The molecule has 1 aromatic rings. The lowest BCUT2D eigenvalue weighted by atomic mass is 9.92. The molecule has 2 atom stereocenters. The van der Waals surface area contributed by atoms with Crippen LogP contribution in [0, 0.1) is 11.7 Å². The first kappa shape index (κ1) is 18.6. The summed E-state index contributed by atoms with van der Waals surface area (Å²) in [6, 6.07) is 5.35. The van der Waals surface area contributed by atoms with Crippen LogP contribution in [-0.4, -0.2) is 53.1 Å². The van der Waals surface area contributed by atoms with Gasteiger partial charge in [0, 0.05) is 31.2 Å². The van der Waals surface area contributed by atoms with Gasteiger partial charge >= 0.3 is 6.03 Å². The van der Waals surface area contributed by atoms with Crippen molar-refractivity contribution in [3.05, 3.63) is 41.6 Å². The van der Waals surface area contributed by atoms with Gasteiger partial charge in [-0.1, -0.05) is 0 Å².